The highest BCUT2D eigenvalue weighted by Gasteiger charge is 2.32. The normalized spacial score (nSPS) is 14.3. The number of hydrogen-bond donors (Lipinski definition) is 1. The average Bonchev–Trinajstić information content (AvgIpc) is 2.68. The van der Waals surface area contributed by atoms with Crippen LogP contribution in [0.3, 0.4) is 0 Å². The van der Waals surface area contributed by atoms with Crippen LogP contribution in [0.2, 0.25) is 5.02 Å². The maximum Gasteiger partial charge on any atom is 0.574 e. The van der Waals surface area contributed by atoms with Crippen LogP contribution in [-0.2, 0) is 16.1 Å². The number of carbonyl (C=O) groups excluding carboxylic acids is 2. The van der Waals surface area contributed by atoms with Gasteiger partial charge in [-0.3, -0.25) is 9.59 Å². The lowest BCUT2D eigenvalue weighted by molar-refractivity contribution is -0.276. The van der Waals surface area contributed by atoms with Gasteiger partial charge in [-0.25, -0.2) is 9.99 Å². The predicted octanol–water partition coefficient (Wildman–Crippen LogP) is 3.28. The van der Waals surface area contributed by atoms with Crippen molar-refractivity contribution in [2.24, 2.45) is 5.10 Å². The number of alkyl halides is 3. The molecular formula is C19H16ClF3N4O3. The van der Waals surface area contributed by atoms with E-state index >= 15 is 0 Å². The zero-order valence-corrected chi connectivity index (χ0v) is 16.2. The lowest BCUT2D eigenvalue weighted by Crippen LogP contribution is -2.40. The third-order valence-electron chi connectivity index (χ3n) is 4.12. The Labute approximate surface area is 174 Å². The smallest absolute Gasteiger partial charge is 0.388 e. The fourth-order valence-electron chi connectivity index (χ4n) is 2.69. The molecule has 30 heavy (non-hydrogen) atoms. The van der Waals surface area contributed by atoms with Gasteiger partial charge >= 0.3 is 6.36 Å². The monoisotopic (exact) mass is 440 g/mol. The molecule has 2 heterocycles. The van der Waals surface area contributed by atoms with Gasteiger partial charge in [-0.15, -0.1) is 13.2 Å². The molecule has 0 radical (unpaired) electrons. The van der Waals surface area contributed by atoms with Gasteiger partial charge in [-0.05, 0) is 17.7 Å². The molecular weight excluding hydrogens is 425 g/mol. The van der Waals surface area contributed by atoms with Gasteiger partial charge in [-0.1, -0.05) is 29.8 Å². The molecule has 11 heteroatoms. The number of halogens is 4. The quantitative estimate of drug-likeness (QED) is 0.747. The summed E-state index contributed by atoms with van der Waals surface area (Å²) >= 11 is 6.04. The first-order chi connectivity index (χ1) is 14.2. The second-order valence-electron chi connectivity index (χ2n) is 6.30. The minimum atomic E-state index is -4.84. The van der Waals surface area contributed by atoms with E-state index < -0.39 is 18.1 Å². The molecule has 2 aromatic rings. The van der Waals surface area contributed by atoms with Crippen LogP contribution in [0.5, 0.6) is 5.88 Å². The third-order valence-corrected chi connectivity index (χ3v) is 4.49. The second kappa shape index (κ2) is 9.12. The van der Waals surface area contributed by atoms with Gasteiger partial charge in [0, 0.05) is 42.2 Å². The molecule has 0 bridgehead atoms. The van der Waals surface area contributed by atoms with Crippen LogP contribution in [0.15, 0.2) is 47.7 Å². The van der Waals surface area contributed by atoms with Crippen LogP contribution in [0.1, 0.15) is 24.0 Å². The van der Waals surface area contributed by atoms with Crippen LogP contribution in [0.4, 0.5) is 13.2 Å². The zero-order valence-electron chi connectivity index (χ0n) is 15.4. The number of benzene rings is 1. The Balaban J connectivity index is 1.63. The number of amides is 2. The lowest BCUT2D eigenvalue weighted by atomic mass is 10.1. The number of hydrazone groups is 1. The fraction of sp³-hybridized carbons (Fsp3) is 0.263. The van der Waals surface area contributed by atoms with Crippen molar-refractivity contribution in [2.75, 3.05) is 6.54 Å². The summed E-state index contributed by atoms with van der Waals surface area (Å²) in [6.45, 7) is -0.100. The summed E-state index contributed by atoms with van der Waals surface area (Å²) in [7, 11) is 0. The van der Waals surface area contributed by atoms with E-state index in [0.29, 0.717) is 16.3 Å². The highest BCUT2D eigenvalue weighted by atomic mass is 35.5. The Morgan fingerprint density at radius 1 is 1.20 bits per heavy atom. The number of pyridine rings is 1. The standard InChI is InChI=1S/C19H16ClF3N4O3/c20-14-4-2-1-3-12(14)9-24-16(28)11-27-18(29)8-6-15(26-27)13-5-7-17(25-10-13)30-19(21,22)23/h1-5,7,10H,6,8-9,11H2,(H,24,28). The molecule has 1 aliphatic rings. The van der Waals surface area contributed by atoms with Gasteiger partial charge in [-0.2, -0.15) is 5.10 Å². The SMILES string of the molecule is O=C(CN1N=C(c2ccc(OC(F)(F)F)nc2)CCC1=O)NCc1ccccc1Cl. The van der Waals surface area contributed by atoms with Gasteiger partial charge in [0.15, 0.2) is 0 Å². The minimum Gasteiger partial charge on any atom is -0.388 e. The Kier molecular flexibility index (Phi) is 6.56. The summed E-state index contributed by atoms with van der Waals surface area (Å²) in [5.41, 5.74) is 1.59. The zero-order chi connectivity index (χ0) is 21.7. The molecule has 3 rings (SSSR count). The van der Waals surface area contributed by atoms with E-state index in [1.807, 2.05) is 0 Å². The highest BCUT2D eigenvalue weighted by Crippen LogP contribution is 2.22. The maximum absolute atomic E-state index is 12.2. The number of carbonyl (C=O) groups is 2. The maximum atomic E-state index is 12.2. The van der Waals surface area contributed by atoms with Gasteiger partial charge in [0.1, 0.15) is 6.54 Å². The number of nitrogens with zero attached hydrogens (tertiary/aromatic N) is 3. The van der Waals surface area contributed by atoms with Gasteiger partial charge < -0.3 is 10.1 Å². The average molecular weight is 441 g/mol. The molecule has 0 spiro atoms. The predicted molar refractivity (Wildman–Crippen MR) is 102 cm³/mol. The van der Waals surface area contributed by atoms with E-state index in [9.17, 15) is 22.8 Å². The first-order valence-corrected chi connectivity index (χ1v) is 9.19. The molecule has 0 atom stereocenters. The molecule has 158 valence electrons. The fourth-order valence-corrected chi connectivity index (χ4v) is 2.89. The Bertz CT molecular complexity index is 964. The van der Waals surface area contributed by atoms with Crippen LogP contribution in [0, 0.1) is 0 Å². The number of hydrogen-bond acceptors (Lipinski definition) is 5. The molecule has 1 aromatic carbocycles. The highest BCUT2D eigenvalue weighted by molar-refractivity contribution is 6.31. The Morgan fingerprint density at radius 3 is 2.63 bits per heavy atom. The van der Waals surface area contributed by atoms with Gasteiger partial charge in [0.25, 0.3) is 0 Å². The molecule has 1 N–H and O–H groups in total. The van der Waals surface area contributed by atoms with E-state index in [1.54, 1.807) is 24.3 Å². The summed E-state index contributed by atoms with van der Waals surface area (Å²) in [5.74, 6) is -1.37. The van der Waals surface area contributed by atoms with Crippen molar-refractivity contribution in [3.05, 3.63) is 58.7 Å². The third kappa shape index (κ3) is 5.93. The molecule has 0 unspecified atom stereocenters. The molecule has 0 fully saturated rings. The molecule has 1 aromatic heterocycles. The molecule has 0 saturated carbocycles. The van der Waals surface area contributed by atoms with E-state index in [2.05, 4.69) is 20.1 Å². The summed E-state index contributed by atoms with van der Waals surface area (Å²) in [6.07, 6.45) is -3.28. The van der Waals surface area contributed by atoms with Crippen molar-refractivity contribution in [3.63, 3.8) is 0 Å². The van der Waals surface area contributed by atoms with Crippen molar-refractivity contribution in [3.8, 4) is 5.88 Å². The van der Waals surface area contributed by atoms with Gasteiger partial charge in [0.2, 0.25) is 17.7 Å². The molecule has 0 saturated heterocycles. The second-order valence-corrected chi connectivity index (χ2v) is 6.71. The summed E-state index contributed by atoms with van der Waals surface area (Å²) in [4.78, 5) is 27.9. The largest absolute Gasteiger partial charge is 0.574 e. The Hall–Kier alpha value is -3.14. The number of aromatic nitrogens is 1. The lowest BCUT2D eigenvalue weighted by Gasteiger charge is -2.23. The first kappa shape index (κ1) is 21.6. The van der Waals surface area contributed by atoms with Gasteiger partial charge in [0.05, 0.1) is 5.71 Å². The molecule has 0 aliphatic carbocycles. The van der Waals surface area contributed by atoms with Crippen molar-refractivity contribution in [1.29, 1.82) is 0 Å². The van der Waals surface area contributed by atoms with E-state index in [4.69, 9.17) is 11.6 Å². The molecule has 1 aliphatic heterocycles. The van der Waals surface area contributed by atoms with Crippen molar-refractivity contribution in [1.82, 2.24) is 15.3 Å². The topological polar surface area (TPSA) is 83.9 Å². The van der Waals surface area contributed by atoms with Crippen LogP contribution >= 0.6 is 11.6 Å². The minimum absolute atomic E-state index is 0.109. The van der Waals surface area contributed by atoms with Crippen LogP contribution < -0.4 is 10.1 Å². The van der Waals surface area contributed by atoms with E-state index in [1.165, 1.54) is 12.3 Å². The molecule has 7 nitrogen and oxygen atoms in total. The van der Waals surface area contributed by atoms with Crippen LogP contribution in [-0.4, -0.2) is 40.4 Å². The number of nitrogens with one attached hydrogen (secondary N) is 1. The van der Waals surface area contributed by atoms with Crippen molar-refractivity contribution < 1.29 is 27.5 Å². The summed E-state index contributed by atoms with van der Waals surface area (Å²) in [5, 5.41) is 8.37. The van der Waals surface area contributed by atoms with E-state index in [0.717, 1.165) is 16.6 Å². The summed E-state index contributed by atoms with van der Waals surface area (Å²) < 4.78 is 40.4. The van der Waals surface area contributed by atoms with Crippen LogP contribution in [0.25, 0.3) is 0 Å². The number of ether oxygens (including phenoxy) is 1. The first-order valence-electron chi connectivity index (χ1n) is 8.81. The van der Waals surface area contributed by atoms with E-state index in [-0.39, 0.29) is 31.8 Å². The Morgan fingerprint density at radius 2 is 1.97 bits per heavy atom. The molecule has 2 amide bonds. The van der Waals surface area contributed by atoms with Crippen molar-refractivity contribution >= 4 is 29.1 Å². The number of rotatable bonds is 6. The summed E-state index contributed by atoms with van der Waals surface area (Å²) in [6, 6.07) is 9.45. The van der Waals surface area contributed by atoms with Crippen molar-refractivity contribution in [2.45, 2.75) is 25.7 Å².